The maximum atomic E-state index is 12.2. The molecule has 0 bridgehead atoms. The third-order valence-electron chi connectivity index (χ3n) is 4.30. The fraction of sp³-hybridized carbons (Fsp3) is 0.733. The third kappa shape index (κ3) is 2.90. The lowest BCUT2D eigenvalue weighted by Gasteiger charge is -2.34. The van der Waals surface area contributed by atoms with Crippen LogP contribution < -0.4 is 0 Å². The number of ether oxygens (including phenoxy) is 1. The molecule has 1 aliphatic carbocycles. The molecule has 1 atom stereocenters. The second-order valence-electron chi connectivity index (χ2n) is 6.38. The molecule has 6 heteroatoms. The van der Waals surface area contributed by atoms with Crippen molar-refractivity contribution in [2.75, 3.05) is 34.4 Å². The van der Waals surface area contributed by atoms with Gasteiger partial charge < -0.3 is 19.1 Å². The van der Waals surface area contributed by atoms with E-state index in [0.717, 1.165) is 18.2 Å². The fourth-order valence-electron chi connectivity index (χ4n) is 3.11. The summed E-state index contributed by atoms with van der Waals surface area (Å²) in [4.78, 5) is 20.3. The smallest absolute Gasteiger partial charge is 0.319 e. The number of carbonyl (C=O) groups is 1. The Balaban J connectivity index is 1.84. The van der Waals surface area contributed by atoms with E-state index in [9.17, 15) is 4.79 Å². The van der Waals surface area contributed by atoms with Crippen molar-refractivity contribution in [3.8, 4) is 0 Å². The highest BCUT2D eigenvalue weighted by atomic mass is 16.5. The predicted octanol–water partition coefficient (Wildman–Crippen LogP) is 1.52. The molecule has 2 heterocycles. The van der Waals surface area contributed by atoms with Crippen LogP contribution in [0.3, 0.4) is 0 Å². The summed E-state index contributed by atoms with van der Waals surface area (Å²) in [5.41, 5.74) is 2.30. The van der Waals surface area contributed by atoms with Gasteiger partial charge in [0.15, 0.2) is 0 Å². The molecule has 1 aromatic rings. The predicted molar refractivity (Wildman–Crippen MR) is 79.1 cm³/mol. The standard InChI is InChI=1S/C15H24N4O2/c1-17(2)15(20)18-7-12(9-21-3)14-13(8-18)16-10-19(14)6-11-4-5-11/h10-12H,4-9H2,1-3H3. The van der Waals surface area contributed by atoms with Crippen LogP contribution in [0.15, 0.2) is 6.33 Å². The normalized spacial score (nSPS) is 21.3. The first-order valence-corrected chi connectivity index (χ1v) is 7.59. The third-order valence-corrected chi connectivity index (χ3v) is 4.30. The average Bonchev–Trinajstić information content (AvgIpc) is 3.18. The van der Waals surface area contributed by atoms with Gasteiger partial charge in [0.1, 0.15) is 0 Å². The number of hydrogen-bond donors (Lipinski definition) is 0. The Bertz CT molecular complexity index is 522. The number of amides is 2. The highest BCUT2D eigenvalue weighted by molar-refractivity contribution is 5.74. The number of nitrogens with zero attached hydrogens (tertiary/aromatic N) is 4. The van der Waals surface area contributed by atoms with Gasteiger partial charge in [-0.1, -0.05) is 0 Å². The minimum Gasteiger partial charge on any atom is -0.384 e. The molecule has 2 aliphatic rings. The Hall–Kier alpha value is -1.56. The Kier molecular flexibility index (Phi) is 3.89. The van der Waals surface area contributed by atoms with E-state index in [1.54, 1.807) is 26.1 Å². The van der Waals surface area contributed by atoms with Crippen LogP contribution in [0.25, 0.3) is 0 Å². The minimum absolute atomic E-state index is 0.0403. The van der Waals surface area contributed by atoms with E-state index in [0.29, 0.717) is 19.7 Å². The molecule has 0 N–H and O–H groups in total. The van der Waals surface area contributed by atoms with Crippen LogP contribution in [-0.4, -0.2) is 59.7 Å². The van der Waals surface area contributed by atoms with Crippen LogP contribution in [0.5, 0.6) is 0 Å². The summed E-state index contributed by atoms with van der Waals surface area (Å²) >= 11 is 0. The first-order chi connectivity index (χ1) is 10.1. The lowest BCUT2D eigenvalue weighted by molar-refractivity contribution is 0.127. The number of hydrogen-bond acceptors (Lipinski definition) is 3. The Morgan fingerprint density at radius 3 is 2.86 bits per heavy atom. The van der Waals surface area contributed by atoms with Crippen molar-refractivity contribution < 1.29 is 9.53 Å². The second-order valence-corrected chi connectivity index (χ2v) is 6.38. The number of urea groups is 1. The van der Waals surface area contributed by atoms with Gasteiger partial charge in [-0.15, -0.1) is 0 Å². The molecule has 6 nitrogen and oxygen atoms in total. The SMILES string of the molecule is COCC1CN(C(=O)N(C)C)Cc2ncn(CC3CC3)c21. The van der Waals surface area contributed by atoms with E-state index >= 15 is 0 Å². The second kappa shape index (κ2) is 5.67. The van der Waals surface area contributed by atoms with Crippen molar-refractivity contribution in [3.05, 3.63) is 17.7 Å². The minimum atomic E-state index is 0.0403. The summed E-state index contributed by atoms with van der Waals surface area (Å²) < 4.78 is 7.66. The van der Waals surface area contributed by atoms with Gasteiger partial charge in [0.25, 0.3) is 0 Å². The number of imidazole rings is 1. The lowest BCUT2D eigenvalue weighted by atomic mass is 9.99. The molecule has 3 rings (SSSR count). The molecule has 1 aromatic heterocycles. The molecule has 1 saturated carbocycles. The van der Waals surface area contributed by atoms with Crippen molar-refractivity contribution in [1.29, 1.82) is 0 Å². The van der Waals surface area contributed by atoms with Gasteiger partial charge in [-0.25, -0.2) is 9.78 Å². The molecule has 116 valence electrons. The zero-order valence-corrected chi connectivity index (χ0v) is 13.1. The molecule has 1 fully saturated rings. The molecular formula is C15H24N4O2. The van der Waals surface area contributed by atoms with E-state index in [4.69, 9.17) is 4.74 Å². The molecule has 0 spiro atoms. The first-order valence-electron chi connectivity index (χ1n) is 7.59. The molecule has 1 unspecified atom stereocenters. The first kappa shape index (κ1) is 14.4. The zero-order chi connectivity index (χ0) is 15.0. The van der Waals surface area contributed by atoms with Crippen LogP contribution in [0.4, 0.5) is 4.79 Å². The van der Waals surface area contributed by atoms with Crippen molar-refractivity contribution in [3.63, 3.8) is 0 Å². The van der Waals surface area contributed by atoms with Crippen molar-refractivity contribution in [1.82, 2.24) is 19.4 Å². The monoisotopic (exact) mass is 292 g/mol. The van der Waals surface area contributed by atoms with Crippen molar-refractivity contribution in [2.45, 2.75) is 31.8 Å². The van der Waals surface area contributed by atoms with Gasteiger partial charge in [-0.2, -0.15) is 0 Å². The summed E-state index contributed by atoms with van der Waals surface area (Å²) in [6.07, 6.45) is 4.59. The lowest BCUT2D eigenvalue weighted by Crippen LogP contribution is -2.44. The molecule has 0 aromatic carbocycles. The molecule has 2 amide bonds. The fourth-order valence-corrected chi connectivity index (χ4v) is 3.11. The van der Waals surface area contributed by atoms with Crippen LogP contribution in [0.2, 0.25) is 0 Å². The zero-order valence-electron chi connectivity index (χ0n) is 13.1. The van der Waals surface area contributed by atoms with Gasteiger partial charge in [-0.3, -0.25) is 0 Å². The largest absolute Gasteiger partial charge is 0.384 e. The maximum Gasteiger partial charge on any atom is 0.319 e. The highest BCUT2D eigenvalue weighted by Gasteiger charge is 2.33. The van der Waals surface area contributed by atoms with Crippen LogP contribution in [-0.2, 0) is 17.8 Å². The molecule has 1 aliphatic heterocycles. The summed E-state index contributed by atoms with van der Waals surface area (Å²) in [6, 6.07) is 0.0403. The summed E-state index contributed by atoms with van der Waals surface area (Å²) in [6.45, 7) is 2.99. The van der Waals surface area contributed by atoms with Crippen LogP contribution in [0, 0.1) is 5.92 Å². The Morgan fingerprint density at radius 2 is 2.24 bits per heavy atom. The van der Waals surface area contributed by atoms with Crippen molar-refractivity contribution in [2.24, 2.45) is 5.92 Å². The number of carbonyl (C=O) groups excluding carboxylic acids is 1. The van der Waals surface area contributed by atoms with Gasteiger partial charge in [0, 0.05) is 45.9 Å². The quantitative estimate of drug-likeness (QED) is 0.845. The summed E-state index contributed by atoms with van der Waals surface area (Å²) in [7, 11) is 5.29. The number of fused-ring (bicyclic) bond motifs is 1. The van der Waals surface area contributed by atoms with E-state index in [1.807, 2.05) is 11.2 Å². The van der Waals surface area contributed by atoms with Gasteiger partial charge in [0.2, 0.25) is 0 Å². The topological polar surface area (TPSA) is 50.6 Å². The van der Waals surface area contributed by atoms with Crippen LogP contribution >= 0.6 is 0 Å². The van der Waals surface area contributed by atoms with E-state index in [-0.39, 0.29) is 11.9 Å². The van der Waals surface area contributed by atoms with Crippen molar-refractivity contribution >= 4 is 6.03 Å². The molecular weight excluding hydrogens is 268 g/mol. The number of methoxy groups -OCH3 is 1. The average molecular weight is 292 g/mol. The summed E-state index contributed by atoms with van der Waals surface area (Å²) in [5.74, 6) is 1.02. The van der Waals surface area contributed by atoms with E-state index in [1.165, 1.54) is 18.5 Å². The van der Waals surface area contributed by atoms with Gasteiger partial charge in [0.05, 0.1) is 25.2 Å². The van der Waals surface area contributed by atoms with Gasteiger partial charge >= 0.3 is 6.03 Å². The number of rotatable bonds is 4. The maximum absolute atomic E-state index is 12.2. The van der Waals surface area contributed by atoms with Crippen LogP contribution in [0.1, 0.15) is 30.1 Å². The van der Waals surface area contributed by atoms with Gasteiger partial charge in [-0.05, 0) is 18.8 Å². The Labute approximate surface area is 125 Å². The number of aromatic nitrogens is 2. The Morgan fingerprint density at radius 1 is 1.48 bits per heavy atom. The molecule has 0 saturated heterocycles. The van der Waals surface area contributed by atoms with E-state index < -0.39 is 0 Å². The highest BCUT2D eigenvalue weighted by Crippen LogP contribution is 2.34. The van der Waals surface area contributed by atoms with E-state index in [2.05, 4.69) is 9.55 Å². The molecule has 21 heavy (non-hydrogen) atoms. The molecule has 0 radical (unpaired) electrons. The summed E-state index contributed by atoms with van der Waals surface area (Å²) in [5, 5.41) is 0.